The summed E-state index contributed by atoms with van der Waals surface area (Å²) in [5.41, 5.74) is 2.27. The van der Waals surface area contributed by atoms with Gasteiger partial charge in [0.25, 0.3) is 5.91 Å². The second kappa shape index (κ2) is 9.03. The van der Waals surface area contributed by atoms with E-state index in [4.69, 9.17) is 0 Å². The molecule has 1 amide bonds. The Morgan fingerprint density at radius 1 is 0.939 bits per heavy atom. The van der Waals surface area contributed by atoms with Crippen LogP contribution < -0.4 is 10.2 Å². The van der Waals surface area contributed by atoms with Gasteiger partial charge < -0.3 is 15.1 Å². The lowest BCUT2D eigenvalue weighted by Crippen LogP contribution is -2.49. The quantitative estimate of drug-likeness (QED) is 0.504. The summed E-state index contributed by atoms with van der Waals surface area (Å²) in [6.07, 6.45) is 4.81. The van der Waals surface area contributed by atoms with Crippen molar-refractivity contribution >= 4 is 23.4 Å². The van der Waals surface area contributed by atoms with Crippen molar-refractivity contribution in [3.05, 3.63) is 78.5 Å². The van der Waals surface area contributed by atoms with Crippen LogP contribution in [-0.2, 0) is 0 Å². The molecular weight excluding hydrogens is 418 g/mol. The number of aromatic nitrogens is 6. The molecule has 10 heteroatoms. The standard InChI is InChI=1S/C23H23N9O/c1-17-7-8-24-20(13-17)28-21-14-22(26-16-25-21)30-9-11-31(12-10-30)23(33)19-15-27-32(29-19)18-5-3-2-4-6-18/h2-8,13-16H,9-12H2,1H3,(H,24,25,26,28). The number of hydrogen-bond donors (Lipinski definition) is 1. The van der Waals surface area contributed by atoms with Gasteiger partial charge in [0.05, 0.1) is 11.9 Å². The lowest BCUT2D eigenvalue weighted by molar-refractivity contribution is 0.0740. The Labute approximate surface area is 190 Å². The van der Waals surface area contributed by atoms with Gasteiger partial charge >= 0.3 is 0 Å². The van der Waals surface area contributed by atoms with E-state index < -0.39 is 0 Å². The highest BCUT2D eigenvalue weighted by atomic mass is 16.2. The topological polar surface area (TPSA) is 105 Å². The third kappa shape index (κ3) is 4.64. The van der Waals surface area contributed by atoms with Crippen LogP contribution in [0.5, 0.6) is 0 Å². The molecule has 166 valence electrons. The summed E-state index contributed by atoms with van der Waals surface area (Å²) in [4.78, 5) is 31.4. The monoisotopic (exact) mass is 441 g/mol. The van der Waals surface area contributed by atoms with E-state index in [2.05, 4.69) is 35.4 Å². The Morgan fingerprint density at radius 3 is 2.52 bits per heavy atom. The second-order valence-electron chi connectivity index (χ2n) is 7.74. The molecule has 0 bridgehead atoms. The average Bonchev–Trinajstić information content (AvgIpc) is 3.35. The summed E-state index contributed by atoms with van der Waals surface area (Å²) in [6.45, 7) is 4.49. The number of piperazine rings is 1. The van der Waals surface area contributed by atoms with Gasteiger partial charge in [0, 0.05) is 38.4 Å². The first-order chi connectivity index (χ1) is 16.2. The van der Waals surface area contributed by atoms with Crippen molar-refractivity contribution in [3.63, 3.8) is 0 Å². The van der Waals surface area contributed by atoms with Crippen molar-refractivity contribution in [1.29, 1.82) is 0 Å². The van der Waals surface area contributed by atoms with Crippen molar-refractivity contribution in [3.8, 4) is 5.69 Å². The fraction of sp³-hybridized carbons (Fsp3) is 0.217. The van der Waals surface area contributed by atoms with Crippen LogP contribution in [0.1, 0.15) is 16.1 Å². The maximum absolute atomic E-state index is 12.9. The molecule has 1 aromatic carbocycles. The highest BCUT2D eigenvalue weighted by molar-refractivity contribution is 5.92. The summed E-state index contributed by atoms with van der Waals surface area (Å²) in [5, 5.41) is 11.8. The molecule has 0 atom stereocenters. The van der Waals surface area contributed by atoms with Crippen LogP contribution >= 0.6 is 0 Å². The average molecular weight is 441 g/mol. The van der Waals surface area contributed by atoms with Crippen molar-refractivity contribution in [2.75, 3.05) is 36.4 Å². The summed E-state index contributed by atoms with van der Waals surface area (Å²) in [5.74, 6) is 2.10. The minimum absolute atomic E-state index is 0.118. The Morgan fingerprint density at radius 2 is 1.73 bits per heavy atom. The molecule has 1 saturated heterocycles. The number of hydrogen-bond acceptors (Lipinski definition) is 8. The van der Waals surface area contributed by atoms with E-state index in [0.29, 0.717) is 37.7 Å². The third-order valence-corrected chi connectivity index (χ3v) is 5.41. The van der Waals surface area contributed by atoms with Crippen LogP contribution in [-0.4, -0.2) is 66.9 Å². The zero-order valence-electron chi connectivity index (χ0n) is 18.2. The fourth-order valence-electron chi connectivity index (χ4n) is 3.67. The van der Waals surface area contributed by atoms with Gasteiger partial charge in [-0.2, -0.15) is 9.90 Å². The first-order valence-corrected chi connectivity index (χ1v) is 10.7. The van der Waals surface area contributed by atoms with Gasteiger partial charge in [0.2, 0.25) is 0 Å². The number of nitrogens with zero attached hydrogens (tertiary/aromatic N) is 8. The Bertz CT molecular complexity index is 1250. The largest absolute Gasteiger partial charge is 0.353 e. The molecule has 1 fully saturated rings. The molecule has 4 aromatic rings. The molecule has 0 radical (unpaired) electrons. The van der Waals surface area contributed by atoms with Crippen molar-refractivity contribution in [2.45, 2.75) is 6.92 Å². The van der Waals surface area contributed by atoms with E-state index in [1.54, 1.807) is 11.1 Å². The molecule has 10 nitrogen and oxygen atoms in total. The van der Waals surface area contributed by atoms with Gasteiger partial charge in [-0.05, 0) is 36.8 Å². The van der Waals surface area contributed by atoms with Crippen LogP contribution in [0.15, 0.2) is 67.3 Å². The second-order valence-corrected chi connectivity index (χ2v) is 7.74. The van der Waals surface area contributed by atoms with E-state index in [1.165, 1.54) is 17.3 Å². The number of benzene rings is 1. The molecule has 5 rings (SSSR count). The Hall–Kier alpha value is -4.34. The van der Waals surface area contributed by atoms with E-state index in [0.717, 1.165) is 22.9 Å². The van der Waals surface area contributed by atoms with Crippen LogP contribution in [0.2, 0.25) is 0 Å². The van der Waals surface area contributed by atoms with E-state index in [9.17, 15) is 4.79 Å². The highest BCUT2D eigenvalue weighted by Gasteiger charge is 2.25. The van der Waals surface area contributed by atoms with Gasteiger partial charge in [-0.3, -0.25) is 4.79 Å². The molecule has 0 saturated carbocycles. The Balaban J connectivity index is 1.21. The van der Waals surface area contributed by atoms with Crippen molar-refractivity contribution in [2.24, 2.45) is 0 Å². The number of nitrogens with one attached hydrogen (secondary N) is 1. The molecule has 3 aromatic heterocycles. The molecule has 33 heavy (non-hydrogen) atoms. The zero-order valence-corrected chi connectivity index (χ0v) is 18.2. The lowest BCUT2D eigenvalue weighted by Gasteiger charge is -2.35. The smallest absolute Gasteiger partial charge is 0.276 e. The molecule has 0 spiro atoms. The molecule has 0 aliphatic carbocycles. The fourth-order valence-corrected chi connectivity index (χ4v) is 3.67. The van der Waals surface area contributed by atoms with Crippen LogP contribution in [0.3, 0.4) is 0 Å². The van der Waals surface area contributed by atoms with Crippen molar-refractivity contribution < 1.29 is 4.79 Å². The maximum Gasteiger partial charge on any atom is 0.276 e. The molecule has 0 unspecified atom stereocenters. The number of anilines is 3. The minimum atomic E-state index is -0.118. The Kier molecular flexibility index (Phi) is 5.62. The third-order valence-electron chi connectivity index (χ3n) is 5.41. The maximum atomic E-state index is 12.9. The van der Waals surface area contributed by atoms with Gasteiger partial charge in [-0.25, -0.2) is 15.0 Å². The zero-order chi connectivity index (χ0) is 22.6. The number of para-hydroxylation sites is 1. The molecular formula is C23H23N9O. The van der Waals surface area contributed by atoms with Crippen LogP contribution in [0, 0.1) is 6.92 Å². The van der Waals surface area contributed by atoms with Crippen molar-refractivity contribution in [1.82, 2.24) is 34.8 Å². The van der Waals surface area contributed by atoms with Crippen LogP contribution in [0.4, 0.5) is 17.5 Å². The lowest BCUT2D eigenvalue weighted by atomic mass is 10.2. The van der Waals surface area contributed by atoms with E-state index >= 15 is 0 Å². The highest BCUT2D eigenvalue weighted by Crippen LogP contribution is 2.19. The van der Waals surface area contributed by atoms with E-state index in [-0.39, 0.29) is 5.91 Å². The van der Waals surface area contributed by atoms with Gasteiger partial charge in [-0.15, -0.1) is 5.10 Å². The summed E-state index contributed by atoms with van der Waals surface area (Å²) >= 11 is 0. The summed E-state index contributed by atoms with van der Waals surface area (Å²) in [7, 11) is 0. The van der Waals surface area contributed by atoms with Crippen LogP contribution in [0.25, 0.3) is 5.69 Å². The molecule has 1 aliphatic rings. The number of amides is 1. The van der Waals surface area contributed by atoms with Gasteiger partial charge in [0.15, 0.2) is 5.69 Å². The predicted octanol–water partition coefficient (Wildman–Crippen LogP) is 2.47. The number of carbonyl (C=O) groups excluding carboxylic acids is 1. The number of aryl methyl sites for hydroxylation is 1. The molecule has 4 heterocycles. The predicted molar refractivity (Wildman–Crippen MR) is 124 cm³/mol. The number of carbonyl (C=O) groups is 1. The number of rotatable bonds is 5. The SMILES string of the molecule is Cc1ccnc(Nc2cc(N3CCN(C(=O)c4cnn(-c5ccccc5)n4)CC3)ncn2)c1. The molecule has 1 aliphatic heterocycles. The summed E-state index contributed by atoms with van der Waals surface area (Å²) < 4.78 is 0. The summed E-state index contributed by atoms with van der Waals surface area (Å²) in [6, 6.07) is 15.3. The minimum Gasteiger partial charge on any atom is -0.353 e. The first-order valence-electron chi connectivity index (χ1n) is 10.7. The van der Waals surface area contributed by atoms with E-state index in [1.807, 2.05) is 55.5 Å². The molecule has 1 N–H and O–H groups in total. The van der Waals surface area contributed by atoms with Gasteiger partial charge in [0.1, 0.15) is 23.8 Å². The first kappa shape index (κ1) is 20.6. The number of pyridine rings is 1. The van der Waals surface area contributed by atoms with Gasteiger partial charge in [-0.1, -0.05) is 18.2 Å². The normalized spacial score (nSPS) is 13.7.